The second-order valence-electron chi connectivity index (χ2n) is 6.97. The van der Waals surface area contributed by atoms with Crippen molar-refractivity contribution in [2.24, 2.45) is 0 Å². The van der Waals surface area contributed by atoms with Gasteiger partial charge in [-0.1, -0.05) is 50.0 Å². The van der Waals surface area contributed by atoms with Gasteiger partial charge in [0.15, 0.2) is 0 Å². The molecule has 1 heterocycles. The number of pyridine rings is 1. The first-order valence-electron chi connectivity index (χ1n) is 7.81. The van der Waals surface area contributed by atoms with E-state index in [0.29, 0.717) is 32.2 Å². The molecule has 0 saturated carbocycles. The van der Waals surface area contributed by atoms with Crippen LogP contribution in [0.15, 0.2) is 42.5 Å². The van der Waals surface area contributed by atoms with Crippen molar-refractivity contribution in [2.75, 3.05) is 0 Å². The van der Waals surface area contributed by atoms with Crippen LogP contribution in [0.4, 0.5) is 0 Å². The molecule has 2 aromatic carbocycles. The van der Waals surface area contributed by atoms with Crippen LogP contribution in [0.3, 0.4) is 0 Å². The molecule has 3 aromatic rings. The largest absolute Gasteiger partial charge is 0.478 e. The maximum atomic E-state index is 11.8. The number of fused-ring (bicyclic) bond motifs is 1. The van der Waals surface area contributed by atoms with Crippen molar-refractivity contribution in [3.05, 3.63) is 63.6 Å². The van der Waals surface area contributed by atoms with E-state index >= 15 is 0 Å². The average molecular weight is 374 g/mol. The first-order valence-corrected chi connectivity index (χ1v) is 8.56. The van der Waals surface area contributed by atoms with Crippen molar-refractivity contribution in [3.63, 3.8) is 0 Å². The molecule has 0 saturated heterocycles. The minimum atomic E-state index is -1.00. The molecular formula is C20H17Cl2NO2. The molecule has 3 rings (SSSR count). The Hall–Kier alpha value is -2.10. The SMILES string of the molecule is CC(C)(C)c1ccc2nc(-c3cc(Cl)ccc3Cl)cc(C(=O)O)c2c1. The molecule has 5 heteroatoms. The van der Waals surface area contributed by atoms with Crippen LogP contribution in [-0.2, 0) is 5.41 Å². The molecule has 0 unspecified atom stereocenters. The van der Waals surface area contributed by atoms with Crippen LogP contribution < -0.4 is 0 Å². The maximum absolute atomic E-state index is 11.8. The van der Waals surface area contributed by atoms with Crippen LogP contribution in [0.2, 0.25) is 10.0 Å². The van der Waals surface area contributed by atoms with Crippen LogP contribution in [-0.4, -0.2) is 16.1 Å². The van der Waals surface area contributed by atoms with Gasteiger partial charge in [-0.05, 0) is 47.4 Å². The van der Waals surface area contributed by atoms with E-state index in [1.54, 1.807) is 24.3 Å². The van der Waals surface area contributed by atoms with Gasteiger partial charge in [0.2, 0.25) is 0 Å². The summed E-state index contributed by atoms with van der Waals surface area (Å²) in [5.74, 6) is -1.00. The predicted octanol–water partition coefficient (Wildman–Crippen LogP) is 6.20. The van der Waals surface area contributed by atoms with Crippen molar-refractivity contribution >= 4 is 40.1 Å². The van der Waals surface area contributed by atoms with Gasteiger partial charge in [0, 0.05) is 16.0 Å². The second-order valence-corrected chi connectivity index (χ2v) is 7.81. The van der Waals surface area contributed by atoms with Crippen LogP contribution in [0.1, 0.15) is 36.7 Å². The summed E-state index contributed by atoms with van der Waals surface area (Å²) in [6, 6.07) is 12.3. The summed E-state index contributed by atoms with van der Waals surface area (Å²) >= 11 is 12.3. The fourth-order valence-corrected chi connectivity index (χ4v) is 3.09. The highest BCUT2D eigenvalue weighted by molar-refractivity contribution is 6.35. The summed E-state index contributed by atoms with van der Waals surface area (Å²) in [4.78, 5) is 16.4. The summed E-state index contributed by atoms with van der Waals surface area (Å²) in [5, 5.41) is 11.3. The molecule has 25 heavy (non-hydrogen) atoms. The molecule has 0 bridgehead atoms. The standard InChI is InChI=1S/C20H17Cl2NO2/c1-20(2,3)11-4-7-17-13(8-11)14(19(24)25)10-18(23-17)15-9-12(21)5-6-16(15)22/h4-10H,1-3H3,(H,24,25). The number of aromatic carboxylic acids is 1. The number of carboxylic acids is 1. The van der Waals surface area contributed by atoms with E-state index in [4.69, 9.17) is 23.2 Å². The molecule has 0 fully saturated rings. The quantitative estimate of drug-likeness (QED) is 0.581. The highest BCUT2D eigenvalue weighted by Gasteiger charge is 2.19. The topological polar surface area (TPSA) is 50.2 Å². The van der Waals surface area contributed by atoms with E-state index < -0.39 is 5.97 Å². The molecule has 0 spiro atoms. The normalized spacial score (nSPS) is 11.7. The third-order valence-corrected chi connectivity index (χ3v) is 4.67. The summed E-state index contributed by atoms with van der Waals surface area (Å²) in [7, 11) is 0. The Morgan fingerprint density at radius 3 is 2.40 bits per heavy atom. The molecule has 0 atom stereocenters. The van der Waals surface area contributed by atoms with Crippen molar-refractivity contribution in [3.8, 4) is 11.3 Å². The minimum Gasteiger partial charge on any atom is -0.478 e. The number of carbonyl (C=O) groups is 1. The summed E-state index contributed by atoms with van der Waals surface area (Å²) in [6.45, 7) is 6.26. The summed E-state index contributed by atoms with van der Waals surface area (Å²) < 4.78 is 0. The summed E-state index contributed by atoms with van der Waals surface area (Å²) in [6.07, 6.45) is 0. The molecule has 3 nitrogen and oxygen atoms in total. The first-order chi connectivity index (χ1) is 11.7. The van der Waals surface area contributed by atoms with Gasteiger partial charge in [-0.2, -0.15) is 0 Å². The fourth-order valence-electron chi connectivity index (χ4n) is 2.70. The van der Waals surface area contributed by atoms with Crippen LogP contribution in [0.5, 0.6) is 0 Å². The first kappa shape index (κ1) is 17.7. The molecule has 0 amide bonds. The van der Waals surface area contributed by atoms with Crippen LogP contribution >= 0.6 is 23.2 Å². The molecular weight excluding hydrogens is 357 g/mol. The maximum Gasteiger partial charge on any atom is 0.336 e. The van der Waals surface area contributed by atoms with Gasteiger partial charge in [-0.25, -0.2) is 9.78 Å². The van der Waals surface area contributed by atoms with Gasteiger partial charge < -0.3 is 5.11 Å². The number of hydrogen-bond acceptors (Lipinski definition) is 2. The molecule has 1 aromatic heterocycles. The van der Waals surface area contributed by atoms with E-state index in [2.05, 4.69) is 25.8 Å². The van der Waals surface area contributed by atoms with E-state index in [1.165, 1.54) is 0 Å². The lowest BCUT2D eigenvalue weighted by molar-refractivity contribution is 0.0699. The third-order valence-electron chi connectivity index (χ3n) is 4.11. The Morgan fingerprint density at radius 2 is 1.76 bits per heavy atom. The molecule has 0 aliphatic heterocycles. The zero-order valence-electron chi connectivity index (χ0n) is 14.1. The fraction of sp³-hybridized carbons (Fsp3) is 0.200. The van der Waals surface area contributed by atoms with E-state index in [0.717, 1.165) is 5.56 Å². The number of rotatable bonds is 2. The minimum absolute atomic E-state index is 0.0844. The lowest BCUT2D eigenvalue weighted by Gasteiger charge is -2.20. The van der Waals surface area contributed by atoms with Crippen molar-refractivity contribution < 1.29 is 9.90 Å². The van der Waals surface area contributed by atoms with Gasteiger partial charge in [0.1, 0.15) is 0 Å². The number of carboxylic acid groups (broad SMARTS) is 1. The monoisotopic (exact) mass is 373 g/mol. The molecule has 0 radical (unpaired) electrons. The summed E-state index contributed by atoms with van der Waals surface area (Å²) in [5.41, 5.74) is 2.87. The highest BCUT2D eigenvalue weighted by Crippen LogP contribution is 2.33. The lowest BCUT2D eigenvalue weighted by Crippen LogP contribution is -2.11. The number of benzene rings is 2. The number of halogens is 2. The average Bonchev–Trinajstić information content (AvgIpc) is 2.54. The van der Waals surface area contributed by atoms with Crippen LogP contribution in [0, 0.1) is 0 Å². The zero-order chi connectivity index (χ0) is 18.4. The van der Waals surface area contributed by atoms with Gasteiger partial charge in [-0.15, -0.1) is 0 Å². The smallest absolute Gasteiger partial charge is 0.336 e. The molecule has 128 valence electrons. The lowest BCUT2D eigenvalue weighted by atomic mass is 9.86. The van der Waals surface area contributed by atoms with Crippen molar-refractivity contribution in [1.82, 2.24) is 4.98 Å². The number of nitrogens with zero attached hydrogens (tertiary/aromatic N) is 1. The number of hydrogen-bond donors (Lipinski definition) is 1. The Balaban J connectivity index is 2.31. The van der Waals surface area contributed by atoms with E-state index in [9.17, 15) is 9.90 Å². The zero-order valence-corrected chi connectivity index (χ0v) is 15.6. The van der Waals surface area contributed by atoms with Gasteiger partial charge in [-0.3, -0.25) is 0 Å². The van der Waals surface area contributed by atoms with Gasteiger partial charge >= 0.3 is 5.97 Å². The number of aromatic nitrogens is 1. The van der Waals surface area contributed by atoms with Crippen LogP contribution in [0.25, 0.3) is 22.2 Å². The Morgan fingerprint density at radius 1 is 1.04 bits per heavy atom. The van der Waals surface area contributed by atoms with E-state index in [1.807, 2.05) is 18.2 Å². The predicted molar refractivity (Wildman–Crippen MR) is 103 cm³/mol. The third kappa shape index (κ3) is 3.48. The van der Waals surface area contributed by atoms with Crippen molar-refractivity contribution in [2.45, 2.75) is 26.2 Å². The second kappa shape index (κ2) is 6.32. The van der Waals surface area contributed by atoms with Gasteiger partial charge in [0.25, 0.3) is 0 Å². The Bertz CT molecular complexity index is 991. The molecule has 0 aliphatic rings. The highest BCUT2D eigenvalue weighted by atomic mass is 35.5. The van der Waals surface area contributed by atoms with E-state index in [-0.39, 0.29) is 11.0 Å². The van der Waals surface area contributed by atoms with Crippen molar-refractivity contribution in [1.29, 1.82) is 0 Å². The Labute approximate surface area is 156 Å². The Kier molecular flexibility index (Phi) is 4.48. The van der Waals surface area contributed by atoms with Gasteiger partial charge in [0.05, 0.1) is 21.8 Å². The molecule has 1 N–H and O–H groups in total. The molecule has 0 aliphatic carbocycles.